The molecule has 41 heavy (non-hydrogen) atoms. The molecule has 1 aromatic rings. The molecule has 238 valence electrons. The quantitative estimate of drug-likeness (QED) is 0.0986. The van der Waals surface area contributed by atoms with E-state index in [0.717, 1.165) is 5.56 Å². The number of benzene rings is 1. The van der Waals surface area contributed by atoms with Gasteiger partial charge < -0.3 is 52.7 Å². The van der Waals surface area contributed by atoms with E-state index in [2.05, 4.69) is 5.32 Å². The van der Waals surface area contributed by atoms with Crippen LogP contribution in [0.4, 0.5) is 4.79 Å². The predicted octanol–water partition coefficient (Wildman–Crippen LogP) is 2.30. The number of nitrogens with one attached hydrogen (secondary N) is 1. The summed E-state index contributed by atoms with van der Waals surface area (Å²) in [5.74, 6) is 0.494. The highest BCUT2D eigenvalue weighted by Crippen LogP contribution is 2.00. The summed E-state index contributed by atoms with van der Waals surface area (Å²) in [4.78, 5) is 11.6. The van der Waals surface area contributed by atoms with Gasteiger partial charge in [0.15, 0.2) is 0 Å². The fraction of sp³-hybridized carbons (Fsp3) is 0.750. The number of alkyl carbamates (subject to hydrolysis) is 1. The summed E-state index contributed by atoms with van der Waals surface area (Å²) >= 11 is 5.50. The van der Waals surface area contributed by atoms with Gasteiger partial charge in [-0.15, -0.1) is 11.6 Å². The fourth-order valence-corrected chi connectivity index (χ4v) is 3.02. The van der Waals surface area contributed by atoms with Gasteiger partial charge in [0.25, 0.3) is 0 Å². The molecule has 0 saturated heterocycles. The topological polar surface area (TPSA) is 121 Å². The first-order valence-electron chi connectivity index (χ1n) is 14.0. The number of hydrogen-bond donors (Lipinski definition) is 1. The lowest BCUT2D eigenvalue weighted by atomic mass is 10.2. The molecule has 0 atom stereocenters. The van der Waals surface area contributed by atoms with E-state index in [-0.39, 0.29) is 6.61 Å². The Morgan fingerprint density at radius 3 is 1.22 bits per heavy atom. The average molecular weight is 610 g/mol. The third-order valence-corrected chi connectivity index (χ3v) is 5.08. The van der Waals surface area contributed by atoms with Crippen LogP contribution in [0.1, 0.15) is 5.56 Å². The number of alkyl halides is 1. The molecule has 0 fully saturated rings. The van der Waals surface area contributed by atoms with Crippen molar-refractivity contribution in [3.63, 3.8) is 0 Å². The smallest absolute Gasteiger partial charge is 0.407 e. The predicted molar refractivity (Wildman–Crippen MR) is 153 cm³/mol. The maximum Gasteiger partial charge on any atom is 0.407 e. The summed E-state index contributed by atoms with van der Waals surface area (Å²) in [6, 6.07) is 9.50. The zero-order valence-corrected chi connectivity index (χ0v) is 24.9. The highest BCUT2D eigenvalue weighted by atomic mass is 35.5. The van der Waals surface area contributed by atoms with Crippen LogP contribution in [0.25, 0.3) is 0 Å². The molecule has 0 heterocycles. The average Bonchev–Trinajstić information content (AvgIpc) is 2.99. The molecular weight excluding hydrogens is 562 g/mol. The second kappa shape index (κ2) is 31.4. The minimum absolute atomic E-state index is 0.240. The van der Waals surface area contributed by atoms with Gasteiger partial charge in [-0.05, 0) is 5.56 Å². The first kappa shape index (κ1) is 37.4. The van der Waals surface area contributed by atoms with Gasteiger partial charge >= 0.3 is 6.09 Å². The van der Waals surface area contributed by atoms with E-state index in [9.17, 15) is 4.79 Å². The number of rotatable bonds is 31. The van der Waals surface area contributed by atoms with Gasteiger partial charge in [-0.25, -0.2) is 4.79 Å². The van der Waals surface area contributed by atoms with E-state index in [1.807, 2.05) is 30.3 Å². The highest BCUT2D eigenvalue weighted by Gasteiger charge is 2.01. The standard InChI is InChI=1S/C28H48ClNO11/c29-6-8-32-10-12-34-14-16-36-18-20-38-22-24-40-25-23-39-21-19-37-17-15-35-13-11-33-9-7-30-28(31)41-26-27-4-2-1-3-5-27/h1-5H,6-26H2,(H,30,31). The van der Waals surface area contributed by atoms with Crippen LogP contribution in [0, 0.1) is 0 Å². The minimum atomic E-state index is -0.468. The fourth-order valence-electron chi connectivity index (χ4n) is 2.92. The van der Waals surface area contributed by atoms with Crippen molar-refractivity contribution in [2.24, 2.45) is 0 Å². The minimum Gasteiger partial charge on any atom is -0.445 e. The summed E-state index contributed by atoms with van der Waals surface area (Å²) in [5.41, 5.74) is 0.939. The van der Waals surface area contributed by atoms with Crippen LogP contribution in [-0.2, 0) is 54.0 Å². The van der Waals surface area contributed by atoms with Crippen molar-refractivity contribution in [1.82, 2.24) is 5.32 Å². The third kappa shape index (κ3) is 28.3. The van der Waals surface area contributed by atoms with Gasteiger partial charge in [0, 0.05) is 12.4 Å². The van der Waals surface area contributed by atoms with Crippen LogP contribution >= 0.6 is 11.6 Å². The van der Waals surface area contributed by atoms with Crippen molar-refractivity contribution < 1.29 is 52.2 Å². The monoisotopic (exact) mass is 609 g/mol. The summed E-state index contributed by atoms with van der Waals surface area (Å²) in [5, 5.41) is 2.64. The molecule has 0 aliphatic carbocycles. The van der Waals surface area contributed by atoms with Gasteiger partial charge in [0.2, 0.25) is 0 Å². The van der Waals surface area contributed by atoms with Crippen molar-refractivity contribution in [2.45, 2.75) is 6.61 Å². The first-order chi connectivity index (χ1) is 20.3. The van der Waals surface area contributed by atoms with E-state index >= 15 is 0 Å². The number of ether oxygens (including phenoxy) is 10. The van der Waals surface area contributed by atoms with E-state index in [1.165, 1.54) is 0 Å². The molecule has 1 aromatic carbocycles. The van der Waals surface area contributed by atoms with Crippen LogP contribution in [0.5, 0.6) is 0 Å². The Morgan fingerprint density at radius 1 is 0.512 bits per heavy atom. The van der Waals surface area contributed by atoms with Crippen molar-refractivity contribution in [3.05, 3.63) is 35.9 Å². The van der Waals surface area contributed by atoms with Gasteiger partial charge in [-0.3, -0.25) is 0 Å². The molecule has 0 aliphatic heterocycles. The maximum atomic E-state index is 11.6. The molecule has 0 bridgehead atoms. The van der Waals surface area contributed by atoms with E-state index in [4.69, 9.17) is 59.0 Å². The molecule has 1 N–H and O–H groups in total. The molecule has 0 radical (unpaired) electrons. The van der Waals surface area contributed by atoms with E-state index < -0.39 is 6.09 Å². The molecule has 1 rings (SSSR count). The Bertz CT molecular complexity index is 676. The number of carbonyl (C=O) groups is 1. The molecule has 0 saturated carbocycles. The van der Waals surface area contributed by atoms with Gasteiger partial charge in [0.1, 0.15) is 6.61 Å². The largest absolute Gasteiger partial charge is 0.445 e. The molecule has 0 unspecified atom stereocenters. The Kier molecular flexibility index (Phi) is 28.6. The van der Waals surface area contributed by atoms with Crippen LogP contribution in [0.3, 0.4) is 0 Å². The molecule has 13 heteroatoms. The summed E-state index contributed by atoms with van der Waals surface area (Å²) in [6.07, 6.45) is -0.468. The highest BCUT2D eigenvalue weighted by molar-refractivity contribution is 6.17. The lowest BCUT2D eigenvalue weighted by Gasteiger charge is -2.09. The van der Waals surface area contributed by atoms with Crippen molar-refractivity contribution >= 4 is 17.7 Å². The Labute approximate surface area is 249 Å². The molecule has 0 spiro atoms. The van der Waals surface area contributed by atoms with Crippen LogP contribution in [0.2, 0.25) is 0 Å². The van der Waals surface area contributed by atoms with E-state index in [1.54, 1.807) is 0 Å². The SMILES string of the molecule is O=C(NCCOCCOCCOCCOCCOCCOCCOCCOCCOCCCl)OCc1ccccc1. The lowest BCUT2D eigenvalue weighted by molar-refractivity contribution is -0.0247. The summed E-state index contributed by atoms with van der Waals surface area (Å²) in [6.45, 7) is 9.52. The number of hydrogen-bond acceptors (Lipinski definition) is 11. The van der Waals surface area contributed by atoms with Crippen molar-refractivity contribution in [1.29, 1.82) is 0 Å². The molecular formula is C28H48ClNO11. The number of amides is 1. The molecule has 1 amide bonds. The Hall–Kier alpha value is -1.58. The Morgan fingerprint density at radius 2 is 0.854 bits per heavy atom. The summed E-state index contributed by atoms with van der Waals surface area (Å²) < 4.78 is 53.7. The Balaban J connectivity index is 1.65. The zero-order valence-electron chi connectivity index (χ0n) is 24.1. The molecule has 0 aromatic heterocycles. The van der Waals surface area contributed by atoms with Gasteiger partial charge in [-0.2, -0.15) is 0 Å². The second-order valence-corrected chi connectivity index (χ2v) is 8.57. The lowest BCUT2D eigenvalue weighted by Crippen LogP contribution is -2.28. The van der Waals surface area contributed by atoms with Gasteiger partial charge in [-0.1, -0.05) is 30.3 Å². The van der Waals surface area contributed by atoms with Crippen LogP contribution < -0.4 is 5.32 Å². The van der Waals surface area contributed by atoms with Gasteiger partial charge in [0.05, 0.1) is 119 Å². The van der Waals surface area contributed by atoms with Crippen molar-refractivity contribution in [3.8, 4) is 0 Å². The third-order valence-electron chi connectivity index (χ3n) is 4.93. The first-order valence-corrected chi connectivity index (χ1v) is 14.6. The van der Waals surface area contributed by atoms with Crippen LogP contribution in [0.15, 0.2) is 30.3 Å². The molecule has 0 aliphatic rings. The normalized spacial score (nSPS) is 11.1. The number of halogens is 1. The zero-order chi connectivity index (χ0) is 29.3. The van der Waals surface area contributed by atoms with Crippen molar-refractivity contribution in [2.75, 3.05) is 131 Å². The second-order valence-electron chi connectivity index (χ2n) is 8.19. The summed E-state index contributed by atoms with van der Waals surface area (Å²) in [7, 11) is 0. The van der Waals surface area contributed by atoms with E-state index in [0.29, 0.717) is 131 Å². The van der Waals surface area contributed by atoms with Crippen LogP contribution in [-0.4, -0.2) is 137 Å². The molecule has 12 nitrogen and oxygen atoms in total. The number of carbonyl (C=O) groups excluding carboxylic acids is 1. The maximum absolute atomic E-state index is 11.6.